The SMILES string of the molecule is CC(C)(CO)c1cc(NC(=O)C(C)(C)S(O)(O)C=C2CCOCC2)no1. The smallest absolute Gasteiger partial charge is 0.250 e. The molecule has 0 aromatic carbocycles. The average molecular weight is 388 g/mol. The number of aliphatic hydroxyl groups excluding tert-OH is 1. The topological polar surface area (TPSA) is 125 Å². The quantitative estimate of drug-likeness (QED) is 0.590. The molecule has 1 aromatic rings. The lowest BCUT2D eigenvalue weighted by Crippen LogP contribution is -2.41. The Morgan fingerprint density at radius 1 is 1.31 bits per heavy atom. The van der Waals surface area contributed by atoms with Gasteiger partial charge in [0.25, 0.3) is 5.91 Å². The van der Waals surface area contributed by atoms with Gasteiger partial charge in [-0.15, -0.1) is 0 Å². The number of rotatable bonds is 6. The predicted octanol–water partition coefficient (Wildman–Crippen LogP) is 3.11. The number of aliphatic hydroxyl groups is 1. The number of nitrogens with zero attached hydrogens (tertiary/aromatic N) is 1. The van der Waals surface area contributed by atoms with Crippen molar-refractivity contribution in [3.8, 4) is 0 Å². The molecule has 1 aliphatic rings. The molecule has 9 heteroatoms. The molecule has 1 aliphatic heterocycles. The van der Waals surface area contributed by atoms with E-state index in [-0.39, 0.29) is 12.4 Å². The van der Waals surface area contributed by atoms with Crippen molar-refractivity contribution < 1.29 is 28.3 Å². The summed E-state index contributed by atoms with van der Waals surface area (Å²) in [5.41, 5.74) is 0.243. The third-order valence-corrected chi connectivity index (χ3v) is 6.93. The van der Waals surface area contributed by atoms with Crippen molar-refractivity contribution in [2.45, 2.75) is 50.7 Å². The van der Waals surface area contributed by atoms with E-state index in [1.54, 1.807) is 13.8 Å². The molecule has 26 heavy (non-hydrogen) atoms. The molecule has 0 bridgehead atoms. The number of carbonyl (C=O) groups is 1. The molecular formula is C17H28N2O6S. The maximum atomic E-state index is 12.7. The Balaban J connectivity index is 2.14. The highest BCUT2D eigenvalue weighted by molar-refractivity contribution is 8.28. The van der Waals surface area contributed by atoms with Gasteiger partial charge in [0.2, 0.25) is 0 Å². The largest absolute Gasteiger partial charge is 0.395 e. The first kappa shape index (κ1) is 20.9. The van der Waals surface area contributed by atoms with Gasteiger partial charge < -0.3 is 19.7 Å². The molecule has 0 unspecified atom stereocenters. The van der Waals surface area contributed by atoms with Crippen LogP contribution in [0, 0.1) is 0 Å². The van der Waals surface area contributed by atoms with Gasteiger partial charge in [-0.25, -0.2) is 0 Å². The van der Waals surface area contributed by atoms with Gasteiger partial charge in [0.05, 0.1) is 19.8 Å². The van der Waals surface area contributed by atoms with Gasteiger partial charge in [-0.2, -0.15) is 10.6 Å². The number of ether oxygens (including phenoxy) is 1. The van der Waals surface area contributed by atoms with Crippen LogP contribution in [0.15, 0.2) is 21.6 Å². The maximum Gasteiger partial charge on any atom is 0.250 e. The zero-order valence-electron chi connectivity index (χ0n) is 15.6. The van der Waals surface area contributed by atoms with Crippen LogP contribution in [0.1, 0.15) is 46.3 Å². The number of hydrogen-bond acceptors (Lipinski definition) is 7. The van der Waals surface area contributed by atoms with Crippen LogP contribution < -0.4 is 5.32 Å². The van der Waals surface area contributed by atoms with Gasteiger partial charge in [-0.05, 0) is 32.3 Å². The predicted molar refractivity (Wildman–Crippen MR) is 100 cm³/mol. The van der Waals surface area contributed by atoms with Gasteiger partial charge in [0, 0.05) is 16.9 Å². The molecule has 148 valence electrons. The van der Waals surface area contributed by atoms with E-state index in [1.165, 1.54) is 25.3 Å². The molecule has 1 fully saturated rings. The van der Waals surface area contributed by atoms with Crippen molar-refractivity contribution in [1.29, 1.82) is 0 Å². The van der Waals surface area contributed by atoms with Gasteiger partial charge in [0.15, 0.2) is 5.82 Å². The molecule has 1 amide bonds. The Morgan fingerprint density at radius 3 is 2.50 bits per heavy atom. The van der Waals surface area contributed by atoms with Crippen molar-refractivity contribution >= 4 is 22.3 Å². The molecule has 0 saturated carbocycles. The minimum atomic E-state index is -3.33. The van der Waals surface area contributed by atoms with Crippen LogP contribution in [0.5, 0.6) is 0 Å². The normalized spacial score (nSPS) is 17.1. The van der Waals surface area contributed by atoms with Crippen LogP contribution in [-0.4, -0.2) is 49.8 Å². The van der Waals surface area contributed by atoms with Crippen LogP contribution in [0.25, 0.3) is 0 Å². The zero-order valence-corrected chi connectivity index (χ0v) is 16.4. The molecule has 2 rings (SSSR count). The first-order valence-corrected chi connectivity index (χ1v) is 10.0. The van der Waals surface area contributed by atoms with Gasteiger partial charge in [0.1, 0.15) is 10.5 Å². The van der Waals surface area contributed by atoms with Crippen molar-refractivity contribution in [2.24, 2.45) is 0 Å². The molecular weight excluding hydrogens is 360 g/mol. The molecule has 8 nitrogen and oxygen atoms in total. The van der Waals surface area contributed by atoms with E-state index in [2.05, 4.69) is 10.5 Å². The van der Waals surface area contributed by atoms with Crippen LogP contribution in [0.3, 0.4) is 0 Å². The van der Waals surface area contributed by atoms with E-state index in [9.17, 15) is 19.0 Å². The van der Waals surface area contributed by atoms with Crippen molar-refractivity contribution in [3.63, 3.8) is 0 Å². The van der Waals surface area contributed by atoms with Crippen molar-refractivity contribution in [3.05, 3.63) is 22.8 Å². The Hall–Kier alpha value is -1.39. The fraction of sp³-hybridized carbons (Fsp3) is 0.647. The number of nitrogens with one attached hydrogen (secondary N) is 1. The summed E-state index contributed by atoms with van der Waals surface area (Å²) in [5, 5.41) is 17.1. The summed E-state index contributed by atoms with van der Waals surface area (Å²) < 4.78 is 30.2. The Labute approximate surface area is 154 Å². The lowest BCUT2D eigenvalue weighted by Gasteiger charge is -2.43. The van der Waals surface area contributed by atoms with E-state index in [0.29, 0.717) is 31.8 Å². The third-order valence-electron chi connectivity index (χ3n) is 4.58. The number of hydrogen-bond donors (Lipinski definition) is 4. The molecule has 1 aromatic heterocycles. The molecule has 1 saturated heterocycles. The highest BCUT2D eigenvalue weighted by Gasteiger charge is 2.41. The fourth-order valence-corrected chi connectivity index (χ4v) is 3.58. The molecule has 4 N–H and O–H groups in total. The molecule has 0 atom stereocenters. The fourth-order valence-electron chi connectivity index (χ4n) is 2.27. The summed E-state index contributed by atoms with van der Waals surface area (Å²) in [6, 6.07) is 1.52. The van der Waals surface area contributed by atoms with E-state index >= 15 is 0 Å². The monoisotopic (exact) mass is 388 g/mol. The van der Waals surface area contributed by atoms with Crippen molar-refractivity contribution in [1.82, 2.24) is 5.16 Å². The van der Waals surface area contributed by atoms with E-state index in [1.807, 2.05) is 0 Å². The number of aromatic nitrogens is 1. The first-order valence-electron chi connectivity index (χ1n) is 8.44. The Morgan fingerprint density at radius 2 is 1.92 bits per heavy atom. The third kappa shape index (κ3) is 4.47. The lowest BCUT2D eigenvalue weighted by atomic mass is 9.92. The van der Waals surface area contributed by atoms with Crippen LogP contribution in [0.4, 0.5) is 5.82 Å². The molecule has 0 spiro atoms. The standard InChI is InChI=1S/C17H28N2O6S/c1-16(2,11-20)13-9-14(19-25-13)18-15(21)17(3,4)26(22,23)10-12-5-7-24-8-6-12/h9-10,20,22-23H,5-8,11H2,1-4H3,(H,18,19,21). The number of carbonyl (C=O) groups excluding carboxylic acids is 1. The minimum Gasteiger partial charge on any atom is -0.395 e. The second-order valence-corrected chi connectivity index (χ2v) is 10.0. The van der Waals surface area contributed by atoms with Crippen LogP contribution in [-0.2, 0) is 14.9 Å². The highest BCUT2D eigenvalue weighted by Crippen LogP contribution is 2.55. The maximum absolute atomic E-state index is 12.7. The summed E-state index contributed by atoms with van der Waals surface area (Å²) in [6.07, 6.45) is 1.24. The summed E-state index contributed by atoms with van der Waals surface area (Å²) in [6.45, 7) is 7.45. The average Bonchev–Trinajstić information content (AvgIpc) is 3.04. The second kappa shape index (κ2) is 7.69. The number of amides is 1. The molecule has 0 radical (unpaired) electrons. The first-order chi connectivity index (χ1) is 12.0. The van der Waals surface area contributed by atoms with E-state index in [4.69, 9.17) is 9.26 Å². The van der Waals surface area contributed by atoms with E-state index in [0.717, 1.165) is 5.57 Å². The summed E-state index contributed by atoms with van der Waals surface area (Å²) in [5.74, 6) is 0.000574. The highest BCUT2D eigenvalue weighted by atomic mass is 32.3. The van der Waals surface area contributed by atoms with E-state index < -0.39 is 26.7 Å². The summed E-state index contributed by atoms with van der Waals surface area (Å²) in [7, 11) is -3.33. The molecule has 0 aliphatic carbocycles. The van der Waals surface area contributed by atoms with Gasteiger partial charge in [-0.1, -0.05) is 19.0 Å². The minimum absolute atomic E-state index is 0.140. The van der Waals surface area contributed by atoms with Crippen LogP contribution >= 0.6 is 10.6 Å². The summed E-state index contributed by atoms with van der Waals surface area (Å²) >= 11 is 0. The van der Waals surface area contributed by atoms with Gasteiger partial charge in [-0.3, -0.25) is 13.9 Å². The summed E-state index contributed by atoms with van der Waals surface area (Å²) in [4.78, 5) is 12.7. The lowest BCUT2D eigenvalue weighted by molar-refractivity contribution is -0.118. The molecule has 2 heterocycles. The van der Waals surface area contributed by atoms with Crippen molar-refractivity contribution in [2.75, 3.05) is 25.1 Å². The second-order valence-electron chi connectivity index (χ2n) is 7.56. The van der Waals surface area contributed by atoms with Gasteiger partial charge >= 0.3 is 0 Å². The Bertz CT molecular complexity index is 673. The Kier molecular flexibility index (Phi) is 6.19. The zero-order chi connectivity index (χ0) is 19.6. The van der Waals surface area contributed by atoms with Crippen LogP contribution in [0.2, 0.25) is 0 Å². The number of anilines is 1.